The normalized spacial score (nSPS) is 16.1. The fourth-order valence-electron chi connectivity index (χ4n) is 2.55. The lowest BCUT2D eigenvalue weighted by atomic mass is 9.99. The van der Waals surface area contributed by atoms with Gasteiger partial charge in [-0.25, -0.2) is 18.9 Å². The molecule has 2 N–H and O–H groups in total. The zero-order chi connectivity index (χ0) is 20.7. The molecule has 2 aromatic heterocycles. The minimum absolute atomic E-state index is 0.0520. The lowest BCUT2D eigenvalue weighted by molar-refractivity contribution is 0.473. The van der Waals surface area contributed by atoms with E-state index in [1.54, 1.807) is 19.5 Å². The minimum Gasteiger partial charge on any atom is -0.355 e. The molecule has 0 bridgehead atoms. The number of rotatable bonds is 9. The van der Waals surface area contributed by atoms with Crippen LogP contribution in [0, 0.1) is 9.49 Å². The zero-order valence-corrected chi connectivity index (χ0v) is 20.0. The van der Waals surface area contributed by atoms with Crippen LogP contribution in [-0.4, -0.2) is 49.2 Å². The standard InChI is InChI=1S/C19H29IN6OS/c1-14(7-6-9-21-5)16(25-28(27)19(2,3)4)8-10-23-18-24-13-15(20)17-22-11-12-26(17)18/h6-7,9,11-14,16,25H,8,10H2,1-5H3,(H,23,24)/b7-6-,21-9?/t14?,16-,28?/m0/s1. The molecule has 9 heteroatoms. The van der Waals surface area contributed by atoms with Gasteiger partial charge in [0.05, 0.1) is 19.3 Å². The maximum atomic E-state index is 12.6. The number of nitrogens with one attached hydrogen (secondary N) is 2. The largest absolute Gasteiger partial charge is 0.355 e. The predicted molar refractivity (Wildman–Crippen MR) is 126 cm³/mol. The van der Waals surface area contributed by atoms with Crippen molar-refractivity contribution < 1.29 is 4.21 Å². The molecule has 0 radical (unpaired) electrons. The van der Waals surface area contributed by atoms with Crippen LogP contribution in [0.3, 0.4) is 0 Å². The average molecular weight is 516 g/mol. The van der Waals surface area contributed by atoms with Crippen molar-refractivity contribution in [3.8, 4) is 0 Å². The third-order valence-corrected chi connectivity index (χ3v) is 6.61. The Hall–Kier alpha value is -1.33. The van der Waals surface area contributed by atoms with Crippen molar-refractivity contribution >= 4 is 51.4 Å². The summed E-state index contributed by atoms with van der Waals surface area (Å²) in [5, 5.41) is 3.38. The minimum atomic E-state index is -1.14. The first-order valence-electron chi connectivity index (χ1n) is 9.22. The van der Waals surface area contributed by atoms with Crippen molar-refractivity contribution in [2.75, 3.05) is 18.9 Å². The second-order valence-corrected chi connectivity index (χ2v) is 10.7. The number of aliphatic imine (C=N–C) groups is 1. The van der Waals surface area contributed by atoms with Gasteiger partial charge in [0.15, 0.2) is 5.65 Å². The molecule has 3 atom stereocenters. The fourth-order valence-corrected chi connectivity index (χ4v) is 4.05. The number of allylic oxidation sites excluding steroid dienone is 1. The van der Waals surface area contributed by atoms with Crippen LogP contribution in [0.4, 0.5) is 5.95 Å². The summed E-state index contributed by atoms with van der Waals surface area (Å²) in [5.41, 5.74) is 0.886. The van der Waals surface area contributed by atoms with Crippen LogP contribution < -0.4 is 10.0 Å². The van der Waals surface area contributed by atoms with E-state index in [0.717, 1.165) is 21.6 Å². The van der Waals surface area contributed by atoms with E-state index in [4.69, 9.17) is 0 Å². The van der Waals surface area contributed by atoms with E-state index in [-0.39, 0.29) is 16.7 Å². The molecule has 2 aromatic rings. The molecule has 154 valence electrons. The van der Waals surface area contributed by atoms with Crippen molar-refractivity contribution in [2.24, 2.45) is 10.9 Å². The Morgan fingerprint density at radius 2 is 2.14 bits per heavy atom. The van der Waals surface area contributed by atoms with Gasteiger partial charge in [-0.1, -0.05) is 13.0 Å². The highest BCUT2D eigenvalue weighted by molar-refractivity contribution is 14.1. The summed E-state index contributed by atoms with van der Waals surface area (Å²) in [6.45, 7) is 8.73. The molecule has 0 aliphatic carbocycles. The second-order valence-electron chi connectivity index (χ2n) is 7.52. The van der Waals surface area contributed by atoms with Crippen LogP contribution >= 0.6 is 22.6 Å². The van der Waals surface area contributed by atoms with Gasteiger partial charge in [0.25, 0.3) is 0 Å². The Labute approximate surface area is 183 Å². The van der Waals surface area contributed by atoms with Gasteiger partial charge in [-0.2, -0.15) is 0 Å². The van der Waals surface area contributed by atoms with Crippen LogP contribution in [0.15, 0.2) is 35.7 Å². The molecule has 2 heterocycles. The third-order valence-electron chi connectivity index (χ3n) is 4.22. The molecule has 0 aliphatic heterocycles. The van der Waals surface area contributed by atoms with Crippen molar-refractivity contribution in [3.63, 3.8) is 0 Å². The number of fused-ring (bicyclic) bond motifs is 1. The second kappa shape index (κ2) is 10.4. The van der Waals surface area contributed by atoms with E-state index in [9.17, 15) is 4.21 Å². The lowest BCUT2D eigenvalue weighted by Crippen LogP contribution is -2.43. The molecule has 0 saturated heterocycles. The van der Waals surface area contributed by atoms with Crippen LogP contribution in [0.2, 0.25) is 0 Å². The molecule has 28 heavy (non-hydrogen) atoms. The van der Waals surface area contributed by atoms with Crippen molar-refractivity contribution in [2.45, 2.75) is 44.9 Å². The number of hydrogen-bond acceptors (Lipinski definition) is 5. The molecule has 0 saturated carbocycles. The van der Waals surface area contributed by atoms with Gasteiger partial charge in [-0.15, -0.1) is 0 Å². The van der Waals surface area contributed by atoms with E-state index in [1.165, 1.54) is 0 Å². The molecule has 7 nitrogen and oxygen atoms in total. The number of anilines is 1. The topological polar surface area (TPSA) is 83.7 Å². The van der Waals surface area contributed by atoms with Gasteiger partial charge in [-0.05, 0) is 61.8 Å². The number of hydrogen-bond donors (Lipinski definition) is 2. The fraction of sp³-hybridized carbons (Fsp3) is 0.526. The van der Waals surface area contributed by atoms with Crippen LogP contribution in [0.1, 0.15) is 34.1 Å². The predicted octanol–water partition coefficient (Wildman–Crippen LogP) is 3.45. The maximum Gasteiger partial charge on any atom is 0.208 e. The highest BCUT2D eigenvalue weighted by atomic mass is 127. The number of halogens is 1. The Bertz CT molecular complexity index is 858. The first-order valence-corrected chi connectivity index (χ1v) is 11.5. The third kappa shape index (κ3) is 6.35. The highest BCUT2D eigenvalue weighted by Crippen LogP contribution is 2.17. The van der Waals surface area contributed by atoms with E-state index in [2.05, 4.69) is 60.6 Å². The van der Waals surface area contributed by atoms with Gasteiger partial charge in [-0.3, -0.25) is 9.39 Å². The van der Waals surface area contributed by atoms with Gasteiger partial charge in [0.1, 0.15) is 0 Å². The molecule has 0 fully saturated rings. The number of nitrogens with zero attached hydrogens (tertiary/aromatic N) is 4. The Morgan fingerprint density at radius 1 is 1.39 bits per heavy atom. The van der Waals surface area contributed by atoms with Crippen LogP contribution in [0.25, 0.3) is 5.65 Å². The lowest BCUT2D eigenvalue weighted by Gasteiger charge is -2.27. The summed E-state index contributed by atoms with van der Waals surface area (Å²) in [6, 6.07) is 0.0520. The Balaban J connectivity index is 2.07. The van der Waals surface area contributed by atoms with Crippen molar-refractivity contribution in [1.29, 1.82) is 0 Å². The molecular weight excluding hydrogens is 487 g/mol. The van der Waals surface area contributed by atoms with E-state index >= 15 is 0 Å². The molecular formula is C19H29IN6OS. The summed E-state index contributed by atoms with van der Waals surface area (Å²) in [5.74, 6) is 0.953. The van der Waals surface area contributed by atoms with E-state index in [1.807, 2.05) is 43.6 Å². The monoisotopic (exact) mass is 516 g/mol. The molecule has 2 unspecified atom stereocenters. The van der Waals surface area contributed by atoms with E-state index in [0.29, 0.717) is 6.54 Å². The van der Waals surface area contributed by atoms with Gasteiger partial charge in [0.2, 0.25) is 5.95 Å². The maximum absolute atomic E-state index is 12.6. The molecule has 0 amide bonds. The Morgan fingerprint density at radius 3 is 2.82 bits per heavy atom. The average Bonchev–Trinajstić information content (AvgIpc) is 3.12. The number of imidazole rings is 1. The Kier molecular flexibility index (Phi) is 8.56. The summed E-state index contributed by atoms with van der Waals surface area (Å²) < 4.78 is 18.6. The quantitative estimate of drug-likeness (QED) is 0.395. The first kappa shape index (κ1) is 23.0. The van der Waals surface area contributed by atoms with Crippen molar-refractivity contribution in [3.05, 3.63) is 34.3 Å². The smallest absolute Gasteiger partial charge is 0.208 e. The molecule has 2 rings (SSSR count). The first-order chi connectivity index (χ1) is 13.2. The summed E-state index contributed by atoms with van der Waals surface area (Å²) in [4.78, 5) is 12.8. The highest BCUT2D eigenvalue weighted by Gasteiger charge is 2.25. The van der Waals surface area contributed by atoms with Crippen molar-refractivity contribution in [1.82, 2.24) is 19.1 Å². The molecule has 0 aromatic carbocycles. The summed E-state index contributed by atoms with van der Waals surface area (Å²) in [7, 11) is 0.605. The van der Waals surface area contributed by atoms with Crippen LogP contribution in [-0.2, 0) is 11.0 Å². The SMILES string of the molecule is CN=C/C=C\C(C)[C@H](CCNc1ncc(I)c2nccn12)NS(=O)C(C)(C)C. The summed E-state index contributed by atoms with van der Waals surface area (Å²) in [6.07, 6.45) is 12.0. The number of aromatic nitrogens is 3. The van der Waals surface area contributed by atoms with Crippen LogP contribution in [0.5, 0.6) is 0 Å². The zero-order valence-electron chi connectivity index (χ0n) is 17.0. The summed E-state index contributed by atoms with van der Waals surface area (Å²) >= 11 is 2.23. The van der Waals surface area contributed by atoms with Gasteiger partial charge >= 0.3 is 0 Å². The molecule has 0 spiro atoms. The van der Waals surface area contributed by atoms with Gasteiger partial charge in [0, 0.05) is 44.4 Å². The van der Waals surface area contributed by atoms with E-state index < -0.39 is 11.0 Å². The van der Waals surface area contributed by atoms with Gasteiger partial charge < -0.3 is 5.32 Å². The molecule has 0 aliphatic rings.